The Morgan fingerprint density at radius 3 is 2.50 bits per heavy atom. The normalized spacial score (nSPS) is 17.0. The maximum Gasteiger partial charge on any atom is 0.416 e. The van der Waals surface area contributed by atoms with Gasteiger partial charge in [0, 0.05) is 13.1 Å². The number of halogens is 5. The molecule has 0 spiro atoms. The molecule has 0 amide bonds. The van der Waals surface area contributed by atoms with Crippen LogP contribution >= 0.6 is 24.2 Å². The number of alkyl halides is 3. The summed E-state index contributed by atoms with van der Waals surface area (Å²) >= 11 is 5.78. The lowest BCUT2D eigenvalue weighted by Crippen LogP contribution is -2.18. The fourth-order valence-electron chi connectivity index (χ4n) is 1.80. The topological polar surface area (TPSA) is 3.24 Å². The molecule has 0 saturated carbocycles. The standard InChI is InChI=1S/C12H11ClF3N.ClH/c13-17-6-4-9(5-7-17)10-2-1-3-11(8-10)12(14,15)16;/h1-4,8H,5-7H2;1H. The van der Waals surface area contributed by atoms with E-state index in [2.05, 4.69) is 0 Å². The molecule has 1 aromatic rings. The van der Waals surface area contributed by atoms with Gasteiger partial charge in [-0.1, -0.05) is 18.2 Å². The van der Waals surface area contributed by atoms with Gasteiger partial charge in [-0.3, -0.25) is 0 Å². The molecule has 0 unspecified atom stereocenters. The van der Waals surface area contributed by atoms with Crippen molar-refractivity contribution in [1.82, 2.24) is 4.42 Å². The Kier molecular flexibility index (Phi) is 5.08. The van der Waals surface area contributed by atoms with Gasteiger partial charge in [0.2, 0.25) is 0 Å². The molecule has 1 heterocycles. The number of hydrogen-bond donors (Lipinski definition) is 0. The van der Waals surface area contributed by atoms with E-state index in [0.29, 0.717) is 25.1 Å². The summed E-state index contributed by atoms with van der Waals surface area (Å²) in [6, 6.07) is 5.41. The van der Waals surface area contributed by atoms with Crippen LogP contribution in [0, 0.1) is 0 Å². The van der Waals surface area contributed by atoms with Crippen molar-refractivity contribution in [2.45, 2.75) is 12.6 Å². The van der Waals surface area contributed by atoms with Crippen LogP contribution in [-0.4, -0.2) is 17.5 Å². The summed E-state index contributed by atoms with van der Waals surface area (Å²) in [4.78, 5) is 0. The third kappa shape index (κ3) is 3.64. The van der Waals surface area contributed by atoms with Gasteiger partial charge in [0.25, 0.3) is 0 Å². The predicted octanol–water partition coefficient (Wildman–Crippen LogP) is 4.37. The van der Waals surface area contributed by atoms with Crippen LogP contribution in [0.5, 0.6) is 0 Å². The number of hydrogen-bond acceptors (Lipinski definition) is 1. The molecule has 0 saturated heterocycles. The SMILES string of the molecule is Cl.FC(F)(F)c1cccc(C2=CCN(Cl)CC2)c1. The Hall–Kier alpha value is -0.710. The van der Waals surface area contributed by atoms with Gasteiger partial charge in [0.05, 0.1) is 5.56 Å². The molecule has 0 aliphatic carbocycles. The molecule has 6 heteroatoms. The van der Waals surface area contributed by atoms with Crippen LogP contribution in [0.1, 0.15) is 17.5 Å². The first kappa shape index (κ1) is 15.3. The van der Waals surface area contributed by atoms with E-state index in [1.807, 2.05) is 6.08 Å². The summed E-state index contributed by atoms with van der Waals surface area (Å²) in [5.74, 6) is 0. The maximum absolute atomic E-state index is 12.5. The average molecular weight is 298 g/mol. The first-order valence-electron chi connectivity index (χ1n) is 5.24. The zero-order valence-corrected chi connectivity index (χ0v) is 10.9. The molecule has 0 fully saturated rings. The largest absolute Gasteiger partial charge is 0.416 e. The summed E-state index contributed by atoms with van der Waals surface area (Å²) in [6.45, 7) is 1.22. The number of rotatable bonds is 1. The highest BCUT2D eigenvalue weighted by Gasteiger charge is 2.30. The highest BCUT2D eigenvalue weighted by atomic mass is 35.5. The van der Waals surface area contributed by atoms with Crippen molar-refractivity contribution in [2.75, 3.05) is 13.1 Å². The maximum atomic E-state index is 12.5. The fraction of sp³-hybridized carbons (Fsp3) is 0.333. The summed E-state index contributed by atoms with van der Waals surface area (Å²) in [5.41, 5.74) is 0.946. The van der Waals surface area contributed by atoms with Crippen molar-refractivity contribution in [3.05, 3.63) is 41.5 Å². The lowest BCUT2D eigenvalue weighted by Gasteiger charge is -2.20. The van der Waals surface area contributed by atoms with Gasteiger partial charge in [-0.2, -0.15) is 13.2 Å². The van der Waals surface area contributed by atoms with Crippen molar-refractivity contribution >= 4 is 29.8 Å². The van der Waals surface area contributed by atoms with Crippen molar-refractivity contribution in [1.29, 1.82) is 0 Å². The van der Waals surface area contributed by atoms with E-state index in [1.54, 1.807) is 10.5 Å². The van der Waals surface area contributed by atoms with E-state index in [-0.39, 0.29) is 12.4 Å². The van der Waals surface area contributed by atoms with Crippen LogP contribution in [-0.2, 0) is 6.18 Å². The second kappa shape index (κ2) is 5.95. The molecule has 1 nitrogen and oxygen atoms in total. The highest BCUT2D eigenvalue weighted by Crippen LogP contribution is 2.32. The van der Waals surface area contributed by atoms with Crippen molar-refractivity contribution in [3.8, 4) is 0 Å². The third-order valence-corrected chi connectivity index (χ3v) is 3.03. The van der Waals surface area contributed by atoms with Gasteiger partial charge in [-0.25, -0.2) is 4.42 Å². The van der Waals surface area contributed by atoms with Crippen LogP contribution < -0.4 is 0 Å². The van der Waals surface area contributed by atoms with Crippen molar-refractivity contribution in [2.24, 2.45) is 0 Å². The molecule has 100 valence electrons. The molecule has 0 aromatic heterocycles. The Balaban J connectivity index is 0.00000162. The lowest BCUT2D eigenvalue weighted by molar-refractivity contribution is -0.137. The zero-order chi connectivity index (χ0) is 12.5. The second-order valence-electron chi connectivity index (χ2n) is 3.93. The molecule has 2 rings (SSSR count). The first-order chi connectivity index (χ1) is 7.97. The van der Waals surface area contributed by atoms with Crippen LogP contribution in [0.3, 0.4) is 0 Å². The Labute approximate surface area is 115 Å². The van der Waals surface area contributed by atoms with E-state index >= 15 is 0 Å². The molecule has 1 aliphatic rings. The average Bonchev–Trinajstić information content (AvgIpc) is 2.29. The van der Waals surface area contributed by atoms with Crippen LogP contribution in [0.2, 0.25) is 0 Å². The molecule has 0 bridgehead atoms. The van der Waals surface area contributed by atoms with E-state index in [4.69, 9.17) is 11.8 Å². The lowest BCUT2D eigenvalue weighted by atomic mass is 9.98. The van der Waals surface area contributed by atoms with Gasteiger partial charge in [0.1, 0.15) is 0 Å². The molecule has 0 atom stereocenters. The Morgan fingerprint density at radius 1 is 1.22 bits per heavy atom. The van der Waals surface area contributed by atoms with Crippen molar-refractivity contribution < 1.29 is 13.2 Å². The first-order valence-corrected chi connectivity index (χ1v) is 5.58. The minimum Gasteiger partial charge on any atom is -0.216 e. The van der Waals surface area contributed by atoms with Gasteiger partial charge in [0.15, 0.2) is 0 Å². The van der Waals surface area contributed by atoms with Gasteiger partial charge < -0.3 is 0 Å². The third-order valence-electron chi connectivity index (χ3n) is 2.72. The van der Waals surface area contributed by atoms with Gasteiger partial charge in [-0.05, 0) is 41.5 Å². The summed E-state index contributed by atoms with van der Waals surface area (Å²) in [6.07, 6.45) is -1.75. The van der Waals surface area contributed by atoms with E-state index in [9.17, 15) is 13.2 Å². The van der Waals surface area contributed by atoms with E-state index in [0.717, 1.165) is 11.6 Å². The highest BCUT2D eigenvalue weighted by molar-refractivity contribution is 6.13. The molecule has 1 aromatic carbocycles. The van der Waals surface area contributed by atoms with Gasteiger partial charge in [-0.15, -0.1) is 12.4 Å². The Morgan fingerprint density at radius 2 is 1.94 bits per heavy atom. The molecular formula is C12H12Cl2F3N. The van der Waals surface area contributed by atoms with Crippen LogP contribution in [0.4, 0.5) is 13.2 Å². The van der Waals surface area contributed by atoms with Gasteiger partial charge >= 0.3 is 6.18 Å². The monoisotopic (exact) mass is 297 g/mol. The number of benzene rings is 1. The molecular weight excluding hydrogens is 286 g/mol. The summed E-state index contributed by atoms with van der Waals surface area (Å²) in [5, 5.41) is 0. The Bertz CT molecular complexity index is 443. The minimum atomic E-state index is -4.29. The van der Waals surface area contributed by atoms with Crippen molar-refractivity contribution in [3.63, 3.8) is 0 Å². The minimum absolute atomic E-state index is 0. The smallest absolute Gasteiger partial charge is 0.216 e. The summed E-state index contributed by atoms with van der Waals surface area (Å²) in [7, 11) is 0. The molecule has 0 N–H and O–H groups in total. The second-order valence-corrected chi connectivity index (χ2v) is 4.40. The van der Waals surface area contributed by atoms with Crippen LogP contribution in [0.15, 0.2) is 30.3 Å². The van der Waals surface area contributed by atoms with Crippen LogP contribution in [0.25, 0.3) is 5.57 Å². The number of nitrogens with zero attached hydrogens (tertiary/aromatic N) is 1. The van der Waals surface area contributed by atoms with E-state index in [1.165, 1.54) is 12.1 Å². The quantitative estimate of drug-likeness (QED) is 0.696. The zero-order valence-electron chi connectivity index (χ0n) is 9.38. The summed E-state index contributed by atoms with van der Waals surface area (Å²) < 4.78 is 39.3. The molecule has 0 radical (unpaired) electrons. The predicted molar refractivity (Wildman–Crippen MR) is 68.7 cm³/mol. The molecule has 18 heavy (non-hydrogen) atoms. The van der Waals surface area contributed by atoms with E-state index < -0.39 is 11.7 Å². The fourth-order valence-corrected chi connectivity index (χ4v) is 1.96. The molecule has 1 aliphatic heterocycles.